The first-order valence-corrected chi connectivity index (χ1v) is 8.90. The van der Waals surface area contributed by atoms with E-state index in [1.807, 2.05) is 25.1 Å². The van der Waals surface area contributed by atoms with Crippen molar-refractivity contribution in [2.45, 2.75) is 25.3 Å². The highest BCUT2D eigenvalue weighted by molar-refractivity contribution is 5.68. The number of hydrogen-bond acceptors (Lipinski definition) is 6. The van der Waals surface area contributed by atoms with Gasteiger partial charge in [-0.2, -0.15) is 9.61 Å². The van der Waals surface area contributed by atoms with Gasteiger partial charge in [-0.1, -0.05) is 6.07 Å². The Morgan fingerprint density at radius 3 is 3.04 bits per heavy atom. The molecular weight excluding hydrogens is 332 g/mol. The molecule has 26 heavy (non-hydrogen) atoms. The van der Waals surface area contributed by atoms with Crippen LogP contribution in [0, 0.1) is 12.8 Å². The van der Waals surface area contributed by atoms with Crippen LogP contribution >= 0.6 is 0 Å². The Bertz CT molecular complexity index is 1040. The van der Waals surface area contributed by atoms with Crippen molar-refractivity contribution in [1.82, 2.24) is 24.4 Å². The van der Waals surface area contributed by atoms with Gasteiger partial charge in [0.1, 0.15) is 6.33 Å². The van der Waals surface area contributed by atoms with Crippen LogP contribution in [0.2, 0.25) is 0 Å². The van der Waals surface area contributed by atoms with Crippen molar-refractivity contribution >= 4 is 11.3 Å². The summed E-state index contributed by atoms with van der Waals surface area (Å²) >= 11 is 0. The molecule has 0 spiro atoms. The van der Waals surface area contributed by atoms with E-state index in [9.17, 15) is 9.90 Å². The molecule has 3 aromatic rings. The maximum Gasteiger partial charge on any atom is 0.251 e. The van der Waals surface area contributed by atoms with Crippen molar-refractivity contribution < 1.29 is 5.11 Å². The number of aryl methyl sites for hydroxylation is 1. The summed E-state index contributed by atoms with van der Waals surface area (Å²) in [6.07, 6.45) is 2.60. The molecule has 2 aliphatic rings. The molecule has 8 nitrogen and oxygen atoms in total. The molecule has 0 aromatic carbocycles. The fraction of sp³-hybridized carbons (Fsp3) is 0.444. The topological polar surface area (TPSA) is 88.5 Å². The number of anilines is 1. The molecule has 1 N–H and O–H groups in total. The monoisotopic (exact) mass is 352 g/mol. The average molecular weight is 352 g/mol. The van der Waals surface area contributed by atoms with Crippen LogP contribution in [0.1, 0.15) is 29.8 Å². The van der Waals surface area contributed by atoms with Gasteiger partial charge in [0.05, 0.1) is 24.0 Å². The summed E-state index contributed by atoms with van der Waals surface area (Å²) in [6.45, 7) is 3.51. The largest absolute Gasteiger partial charge is 0.394 e. The molecule has 0 radical (unpaired) electrons. The van der Waals surface area contributed by atoms with Gasteiger partial charge in [-0.25, -0.2) is 0 Å². The third-order valence-electron chi connectivity index (χ3n) is 5.70. The highest BCUT2D eigenvalue weighted by atomic mass is 16.3. The van der Waals surface area contributed by atoms with E-state index in [2.05, 4.69) is 20.2 Å². The molecule has 0 aliphatic carbocycles. The number of aliphatic hydroxyl groups is 1. The average Bonchev–Trinajstić information content (AvgIpc) is 3.10. The van der Waals surface area contributed by atoms with Crippen LogP contribution in [0.25, 0.3) is 5.65 Å². The van der Waals surface area contributed by atoms with Gasteiger partial charge in [0.15, 0.2) is 0 Å². The number of nitrogens with zero attached hydrogens (tertiary/aromatic N) is 6. The molecule has 2 bridgehead atoms. The minimum absolute atomic E-state index is 0.0238. The predicted molar refractivity (Wildman–Crippen MR) is 95.4 cm³/mol. The van der Waals surface area contributed by atoms with Crippen molar-refractivity contribution in [1.29, 1.82) is 0 Å². The van der Waals surface area contributed by atoms with Crippen LogP contribution in [0.3, 0.4) is 0 Å². The fourth-order valence-corrected chi connectivity index (χ4v) is 4.64. The van der Waals surface area contributed by atoms with Crippen LogP contribution in [-0.2, 0) is 0 Å². The highest BCUT2D eigenvalue weighted by Gasteiger charge is 2.40. The molecule has 1 fully saturated rings. The summed E-state index contributed by atoms with van der Waals surface area (Å²) in [6, 6.07) is 7.26. The number of fused-ring (bicyclic) bond motifs is 5. The standard InChI is InChI=1S/C18H20N6O2/c1-11-5-15(18-20-19-10-23(18)21-11)22-7-12-6-13(8-22)16(9-25)24-14(12)3-2-4-17(24)26/h2-5,10,12-13,16,25H,6-9H2,1H3/t12-,13+,16+/m1/s1. The van der Waals surface area contributed by atoms with Crippen molar-refractivity contribution in [2.75, 3.05) is 24.6 Å². The summed E-state index contributed by atoms with van der Waals surface area (Å²) in [7, 11) is 0. The van der Waals surface area contributed by atoms with E-state index in [4.69, 9.17) is 0 Å². The van der Waals surface area contributed by atoms with Crippen molar-refractivity contribution in [3.05, 3.63) is 52.3 Å². The van der Waals surface area contributed by atoms with E-state index in [1.165, 1.54) is 0 Å². The zero-order valence-electron chi connectivity index (χ0n) is 14.5. The minimum Gasteiger partial charge on any atom is -0.394 e. The quantitative estimate of drug-likeness (QED) is 0.732. The highest BCUT2D eigenvalue weighted by Crippen LogP contribution is 2.42. The molecule has 5 heterocycles. The Balaban J connectivity index is 1.62. The first kappa shape index (κ1) is 15.5. The number of aromatic nitrogens is 5. The maximum absolute atomic E-state index is 12.4. The zero-order chi connectivity index (χ0) is 17.8. The Kier molecular flexibility index (Phi) is 3.36. The smallest absolute Gasteiger partial charge is 0.251 e. The van der Waals surface area contributed by atoms with Crippen molar-refractivity contribution in [3.8, 4) is 0 Å². The molecule has 1 saturated heterocycles. The van der Waals surface area contributed by atoms with Gasteiger partial charge in [0.25, 0.3) is 5.56 Å². The molecule has 3 aromatic heterocycles. The van der Waals surface area contributed by atoms with Gasteiger partial charge in [0, 0.05) is 36.7 Å². The third kappa shape index (κ3) is 2.18. The molecular formula is C18H20N6O2. The van der Waals surface area contributed by atoms with E-state index in [1.54, 1.807) is 21.5 Å². The SMILES string of the molecule is Cc1cc(N2C[C@H]3C[C@@H](C2)[C@H](CO)n2c3cccc2=O)c2nncn2n1. The minimum atomic E-state index is -0.186. The van der Waals surface area contributed by atoms with E-state index >= 15 is 0 Å². The van der Waals surface area contributed by atoms with Gasteiger partial charge in [0.2, 0.25) is 5.65 Å². The van der Waals surface area contributed by atoms with Crippen LogP contribution in [0.4, 0.5) is 5.69 Å². The van der Waals surface area contributed by atoms with Crippen molar-refractivity contribution in [2.24, 2.45) is 5.92 Å². The maximum atomic E-state index is 12.4. The van der Waals surface area contributed by atoms with Crippen LogP contribution in [0.15, 0.2) is 35.4 Å². The lowest BCUT2D eigenvalue weighted by Crippen LogP contribution is -2.50. The molecule has 8 heteroatoms. The van der Waals surface area contributed by atoms with Gasteiger partial charge < -0.3 is 14.6 Å². The van der Waals surface area contributed by atoms with Gasteiger partial charge in [-0.15, -0.1) is 10.2 Å². The Labute approximate surface area is 149 Å². The van der Waals surface area contributed by atoms with Crippen LogP contribution < -0.4 is 10.5 Å². The number of piperidine rings is 1. The lowest BCUT2D eigenvalue weighted by atomic mass is 9.78. The number of rotatable bonds is 2. The molecule has 3 atom stereocenters. The summed E-state index contributed by atoms with van der Waals surface area (Å²) < 4.78 is 3.51. The van der Waals surface area contributed by atoms with Gasteiger partial charge in [-0.3, -0.25) is 4.79 Å². The first-order chi connectivity index (χ1) is 12.7. The van der Waals surface area contributed by atoms with Gasteiger partial charge in [-0.05, 0) is 25.5 Å². The van der Waals surface area contributed by atoms with E-state index in [0.717, 1.165) is 42.2 Å². The number of hydrogen-bond donors (Lipinski definition) is 1. The second kappa shape index (κ2) is 5.63. The number of pyridine rings is 1. The summed E-state index contributed by atoms with van der Waals surface area (Å²) in [5.41, 5.74) is 3.64. The van der Waals surface area contributed by atoms with E-state index in [-0.39, 0.29) is 30.0 Å². The number of aliphatic hydroxyl groups excluding tert-OH is 1. The van der Waals surface area contributed by atoms with Crippen LogP contribution in [0.5, 0.6) is 0 Å². The van der Waals surface area contributed by atoms with E-state index in [0.29, 0.717) is 0 Å². The molecule has 134 valence electrons. The third-order valence-corrected chi connectivity index (χ3v) is 5.70. The lowest BCUT2D eigenvalue weighted by molar-refractivity contribution is 0.132. The fourth-order valence-electron chi connectivity index (χ4n) is 4.64. The normalized spacial score (nSPS) is 24.7. The molecule has 5 rings (SSSR count). The molecule has 0 unspecified atom stereocenters. The Hall–Kier alpha value is -2.74. The van der Waals surface area contributed by atoms with Gasteiger partial charge >= 0.3 is 0 Å². The van der Waals surface area contributed by atoms with Crippen LogP contribution in [-0.4, -0.2) is 49.2 Å². The summed E-state index contributed by atoms with van der Waals surface area (Å²) in [5.74, 6) is 0.463. The molecule has 0 amide bonds. The molecule has 0 saturated carbocycles. The predicted octanol–water partition coefficient (Wildman–Crippen LogP) is 0.752. The summed E-state index contributed by atoms with van der Waals surface area (Å²) in [4.78, 5) is 14.7. The molecule has 2 aliphatic heterocycles. The summed E-state index contributed by atoms with van der Waals surface area (Å²) in [5, 5.41) is 22.6. The second-order valence-electron chi connectivity index (χ2n) is 7.28. The van der Waals surface area contributed by atoms with Crippen molar-refractivity contribution in [3.63, 3.8) is 0 Å². The Morgan fingerprint density at radius 2 is 2.19 bits per heavy atom. The zero-order valence-corrected chi connectivity index (χ0v) is 14.5. The first-order valence-electron chi connectivity index (χ1n) is 8.90. The Morgan fingerprint density at radius 1 is 1.31 bits per heavy atom. The lowest BCUT2D eigenvalue weighted by Gasteiger charge is -2.47. The second-order valence-corrected chi connectivity index (χ2v) is 7.28. The van der Waals surface area contributed by atoms with E-state index < -0.39 is 0 Å².